The predicted octanol–water partition coefficient (Wildman–Crippen LogP) is 3.67. The van der Waals surface area contributed by atoms with Gasteiger partial charge in [0, 0.05) is 18.7 Å². The highest BCUT2D eigenvalue weighted by molar-refractivity contribution is 6.32. The van der Waals surface area contributed by atoms with Crippen molar-refractivity contribution in [3.63, 3.8) is 0 Å². The molecule has 0 fully saturated rings. The summed E-state index contributed by atoms with van der Waals surface area (Å²) in [5.74, 6) is 0.580. The predicted molar refractivity (Wildman–Crippen MR) is 92.0 cm³/mol. The largest absolute Gasteiger partial charge is 0.492 e. The number of carbonyl (C=O) groups is 1. The van der Waals surface area contributed by atoms with E-state index in [2.05, 4.69) is 5.32 Å². The van der Waals surface area contributed by atoms with Gasteiger partial charge in [-0.1, -0.05) is 35.9 Å². The van der Waals surface area contributed by atoms with E-state index in [-0.39, 0.29) is 12.5 Å². The summed E-state index contributed by atoms with van der Waals surface area (Å²) in [7, 11) is 0. The average molecular weight is 334 g/mol. The molecule has 0 saturated carbocycles. The number of rotatable bonds is 8. The average Bonchev–Trinajstić information content (AvgIpc) is 2.55. The van der Waals surface area contributed by atoms with Crippen LogP contribution in [0.25, 0.3) is 0 Å². The van der Waals surface area contributed by atoms with Crippen molar-refractivity contribution in [1.29, 1.82) is 0 Å². The molecule has 2 aromatic rings. The van der Waals surface area contributed by atoms with Crippen LogP contribution >= 0.6 is 11.6 Å². The number of amides is 1. The fourth-order valence-corrected chi connectivity index (χ4v) is 2.27. The van der Waals surface area contributed by atoms with Crippen LogP contribution in [0.3, 0.4) is 0 Å². The molecule has 122 valence electrons. The quantitative estimate of drug-likeness (QED) is 0.725. The second-order valence-corrected chi connectivity index (χ2v) is 5.51. The maximum atomic E-state index is 11.9. The Morgan fingerprint density at radius 1 is 1.13 bits per heavy atom. The van der Waals surface area contributed by atoms with Gasteiger partial charge in [0.25, 0.3) is 0 Å². The first-order valence-corrected chi connectivity index (χ1v) is 7.94. The summed E-state index contributed by atoms with van der Waals surface area (Å²) >= 11 is 5.99. The number of carbonyl (C=O) groups excluding carboxylic acids is 1. The van der Waals surface area contributed by atoms with E-state index in [1.807, 2.05) is 36.4 Å². The van der Waals surface area contributed by atoms with Crippen LogP contribution in [0.5, 0.6) is 5.75 Å². The molecule has 0 saturated heterocycles. The third-order valence-corrected chi connectivity index (χ3v) is 3.59. The van der Waals surface area contributed by atoms with E-state index in [0.717, 1.165) is 11.3 Å². The van der Waals surface area contributed by atoms with E-state index < -0.39 is 0 Å². The van der Waals surface area contributed by atoms with Gasteiger partial charge in [-0.25, -0.2) is 0 Å². The number of para-hydroxylation sites is 1. The first kappa shape index (κ1) is 17.3. The van der Waals surface area contributed by atoms with Crippen molar-refractivity contribution in [2.24, 2.45) is 0 Å². The molecule has 23 heavy (non-hydrogen) atoms. The van der Waals surface area contributed by atoms with Gasteiger partial charge in [-0.3, -0.25) is 4.79 Å². The Morgan fingerprint density at radius 2 is 1.87 bits per heavy atom. The van der Waals surface area contributed by atoms with Crippen molar-refractivity contribution in [3.05, 3.63) is 59.1 Å². The lowest BCUT2D eigenvalue weighted by Gasteiger charge is -2.08. The summed E-state index contributed by atoms with van der Waals surface area (Å²) in [4.78, 5) is 11.9. The molecule has 0 aliphatic carbocycles. The Hall–Kier alpha value is -2.04. The zero-order chi connectivity index (χ0) is 16.5. The number of aliphatic hydroxyl groups excluding tert-OH is 1. The first-order valence-electron chi connectivity index (χ1n) is 7.56. The van der Waals surface area contributed by atoms with Gasteiger partial charge in [0.15, 0.2) is 0 Å². The Labute approximate surface area is 141 Å². The first-order chi connectivity index (χ1) is 11.2. The zero-order valence-corrected chi connectivity index (χ0v) is 13.6. The van der Waals surface area contributed by atoms with Crippen molar-refractivity contribution in [2.45, 2.75) is 19.3 Å². The monoisotopic (exact) mass is 333 g/mol. The van der Waals surface area contributed by atoms with Crippen molar-refractivity contribution < 1.29 is 14.6 Å². The lowest BCUT2D eigenvalue weighted by Crippen LogP contribution is -2.12. The molecule has 0 aliphatic rings. The van der Waals surface area contributed by atoms with Crippen LogP contribution in [-0.4, -0.2) is 24.2 Å². The number of aliphatic hydroxyl groups is 1. The fraction of sp³-hybridized carbons (Fsp3) is 0.278. The molecule has 0 aliphatic heterocycles. The summed E-state index contributed by atoms with van der Waals surface area (Å²) in [5, 5.41) is 12.3. The van der Waals surface area contributed by atoms with Crippen molar-refractivity contribution >= 4 is 23.2 Å². The van der Waals surface area contributed by atoms with Crippen LogP contribution in [0.4, 0.5) is 5.69 Å². The standard InChI is InChI=1S/C18H20ClNO3/c19-16-4-1-2-5-17(16)23-13-3-6-18(22)20-15-9-7-14(8-10-15)11-12-21/h1-2,4-5,7-10,21H,3,6,11-13H2,(H,20,22). The summed E-state index contributed by atoms with van der Waals surface area (Å²) in [6.45, 7) is 0.559. The van der Waals surface area contributed by atoms with Crippen LogP contribution in [0, 0.1) is 0 Å². The Kier molecular flexibility index (Phi) is 6.91. The Bertz CT molecular complexity index is 628. The minimum Gasteiger partial charge on any atom is -0.492 e. The van der Waals surface area contributed by atoms with Gasteiger partial charge in [0.1, 0.15) is 5.75 Å². The van der Waals surface area contributed by atoms with E-state index >= 15 is 0 Å². The number of hydrogen-bond acceptors (Lipinski definition) is 3. The number of nitrogens with one attached hydrogen (secondary N) is 1. The minimum atomic E-state index is -0.0531. The van der Waals surface area contributed by atoms with Crippen molar-refractivity contribution in [3.8, 4) is 5.75 Å². The number of hydrogen-bond donors (Lipinski definition) is 2. The molecule has 4 nitrogen and oxygen atoms in total. The van der Waals surface area contributed by atoms with E-state index in [0.29, 0.717) is 36.6 Å². The van der Waals surface area contributed by atoms with Gasteiger partial charge in [0.2, 0.25) is 5.91 Å². The number of ether oxygens (including phenoxy) is 1. The molecule has 5 heteroatoms. The summed E-state index contributed by atoms with van der Waals surface area (Å²) in [6.07, 6.45) is 1.61. The molecule has 0 atom stereocenters. The maximum absolute atomic E-state index is 11.9. The van der Waals surface area contributed by atoms with E-state index in [9.17, 15) is 4.79 Å². The second-order valence-electron chi connectivity index (χ2n) is 5.10. The molecule has 2 aromatic carbocycles. The minimum absolute atomic E-state index is 0.0531. The Balaban J connectivity index is 1.70. The fourth-order valence-electron chi connectivity index (χ4n) is 2.08. The van der Waals surface area contributed by atoms with Gasteiger partial charge in [-0.15, -0.1) is 0 Å². The van der Waals surface area contributed by atoms with Crippen LogP contribution in [0.15, 0.2) is 48.5 Å². The van der Waals surface area contributed by atoms with Gasteiger partial charge in [-0.2, -0.15) is 0 Å². The van der Waals surface area contributed by atoms with Crippen molar-refractivity contribution in [2.75, 3.05) is 18.5 Å². The normalized spacial score (nSPS) is 10.3. The molecule has 0 aromatic heterocycles. The summed E-state index contributed by atoms with van der Waals surface area (Å²) in [5.41, 5.74) is 1.79. The topological polar surface area (TPSA) is 58.6 Å². The highest BCUT2D eigenvalue weighted by Crippen LogP contribution is 2.23. The smallest absolute Gasteiger partial charge is 0.224 e. The maximum Gasteiger partial charge on any atom is 0.224 e. The third kappa shape index (κ3) is 5.93. The highest BCUT2D eigenvalue weighted by Gasteiger charge is 2.04. The molecule has 2 rings (SSSR count). The summed E-state index contributed by atoms with van der Waals surface area (Å²) < 4.78 is 5.54. The SMILES string of the molecule is O=C(CCCOc1ccccc1Cl)Nc1ccc(CCO)cc1. The van der Waals surface area contributed by atoms with Crippen LogP contribution < -0.4 is 10.1 Å². The van der Waals surface area contributed by atoms with E-state index in [1.165, 1.54) is 0 Å². The molecule has 2 N–H and O–H groups in total. The molecule has 0 heterocycles. The number of halogens is 1. The second kappa shape index (κ2) is 9.18. The molecule has 0 unspecified atom stereocenters. The lowest BCUT2D eigenvalue weighted by atomic mass is 10.1. The van der Waals surface area contributed by atoms with Gasteiger partial charge < -0.3 is 15.2 Å². The molecule has 1 amide bonds. The van der Waals surface area contributed by atoms with E-state index in [4.69, 9.17) is 21.4 Å². The van der Waals surface area contributed by atoms with Crippen molar-refractivity contribution in [1.82, 2.24) is 0 Å². The van der Waals surface area contributed by atoms with E-state index in [1.54, 1.807) is 12.1 Å². The highest BCUT2D eigenvalue weighted by atomic mass is 35.5. The Morgan fingerprint density at radius 3 is 2.57 bits per heavy atom. The third-order valence-electron chi connectivity index (χ3n) is 3.28. The summed E-state index contributed by atoms with van der Waals surface area (Å²) in [6, 6.07) is 14.7. The number of anilines is 1. The number of benzene rings is 2. The lowest BCUT2D eigenvalue weighted by molar-refractivity contribution is -0.116. The van der Waals surface area contributed by atoms with Crippen LogP contribution in [0.2, 0.25) is 5.02 Å². The van der Waals surface area contributed by atoms with Gasteiger partial charge in [-0.05, 0) is 42.7 Å². The van der Waals surface area contributed by atoms with Gasteiger partial charge in [0.05, 0.1) is 11.6 Å². The van der Waals surface area contributed by atoms with Crippen LogP contribution in [0.1, 0.15) is 18.4 Å². The molecule has 0 spiro atoms. The van der Waals surface area contributed by atoms with Crippen LogP contribution in [-0.2, 0) is 11.2 Å². The zero-order valence-electron chi connectivity index (χ0n) is 12.8. The molecular weight excluding hydrogens is 314 g/mol. The molecule has 0 bridgehead atoms. The molecule has 0 radical (unpaired) electrons. The molecular formula is C18H20ClNO3. The van der Waals surface area contributed by atoms with Gasteiger partial charge >= 0.3 is 0 Å².